The Morgan fingerprint density at radius 2 is 1.86 bits per heavy atom. The van der Waals surface area contributed by atoms with Crippen molar-refractivity contribution in [1.29, 1.82) is 0 Å². The van der Waals surface area contributed by atoms with Crippen molar-refractivity contribution in [2.75, 3.05) is 13.1 Å². The summed E-state index contributed by atoms with van der Waals surface area (Å²) >= 11 is 1.01. The van der Waals surface area contributed by atoms with Crippen molar-refractivity contribution in [3.8, 4) is 10.6 Å². The van der Waals surface area contributed by atoms with Crippen LogP contribution in [0, 0.1) is 5.92 Å². The lowest BCUT2D eigenvalue weighted by molar-refractivity contribution is -0.128. The Balaban J connectivity index is 1.30. The van der Waals surface area contributed by atoms with Crippen LogP contribution >= 0.6 is 11.3 Å². The summed E-state index contributed by atoms with van der Waals surface area (Å²) in [6.07, 6.45) is 8.55. The number of nitrogens with one attached hydrogen (secondary N) is 2. The second-order valence-corrected chi connectivity index (χ2v) is 15.5. The van der Waals surface area contributed by atoms with Gasteiger partial charge in [-0.25, -0.2) is 21.8 Å². The van der Waals surface area contributed by atoms with E-state index in [4.69, 9.17) is 4.52 Å². The molecule has 5 rings (SSSR count). The van der Waals surface area contributed by atoms with Crippen LogP contribution in [0.3, 0.4) is 0 Å². The summed E-state index contributed by atoms with van der Waals surface area (Å²) in [6, 6.07) is 7.20. The molecule has 1 amide bonds. The molecule has 0 radical (unpaired) electrons. The second-order valence-electron chi connectivity index (χ2n) is 10.6. The van der Waals surface area contributed by atoms with Crippen molar-refractivity contribution >= 4 is 43.1 Å². The maximum atomic E-state index is 13.6. The SMILES string of the molecule is O=C1CN(S(=O)(=O)c2ccccn2)CCC[C@@H]1NC(=O)[C@H](CC1CCCCC1)NS(=O)(=O)c1ccc(-c2ccon2)s1. The first-order valence-electron chi connectivity index (χ1n) is 13.9. The van der Waals surface area contributed by atoms with E-state index >= 15 is 0 Å². The molecule has 1 aliphatic carbocycles. The normalized spacial score (nSPS) is 20.2. The van der Waals surface area contributed by atoms with Gasteiger partial charge in [-0.3, -0.25) is 9.59 Å². The molecule has 0 bridgehead atoms. The number of nitrogens with zero attached hydrogens (tertiary/aromatic N) is 3. The first-order chi connectivity index (χ1) is 20.1. The average Bonchev–Trinajstić information content (AvgIpc) is 3.66. The molecular formula is C27H33N5O7S3. The highest BCUT2D eigenvalue weighted by Gasteiger charge is 2.36. The van der Waals surface area contributed by atoms with E-state index < -0.39 is 50.4 Å². The minimum absolute atomic E-state index is 0.0304. The fourth-order valence-electron chi connectivity index (χ4n) is 5.41. The summed E-state index contributed by atoms with van der Waals surface area (Å²) in [6.45, 7) is -0.315. The van der Waals surface area contributed by atoms with Crippen LogP contribution in [0.1, 0.15) is 51.4 Å². The van der Waals surface area contributed by atoms with Gasteiger partial charge in [0.15, 0.2) is 10.8 Å². The Morgan fingerprint density at radius 1 is 1.05 bits per heavy atom. The van der Waals surface area contributed by atoms with Gasteiger partial charge >= 0.3 is 0 Å². The molecule has 1 aliphatic heterocycles. The van der Waals surface area contributed by atoms with Gasteiger partial charge in [-0.1, -0.05) is 43.3 Å². The number of carbonyl (C=O) groups is 2. The molecule has 226 valence electrons. The molecule has 2 N–H and O–H groups in total. The summed E-state index contributed by atoms with van der Waals surface area (Å²) < 4.78 is 61.5. The molecule has 15 heteroatoms. The van der Waals surface area contributed by atoms with Gasteiger partial charge in [0, 0.05) is 18.8 Å². The van der Waals surface area contributed by atoms with E-state index in [1.165, 1.54) is 24.6 Å². The Bertz CT molecular complexity index is 1590. The van der Waals surface area contributed by atoms with Crippen LogP contribution in [0.25, 0.3) is 10.6 Å². The van der Waals surface area contributed by atoms with Gasteiger partial charge in [-0.2, -0.15) is 9.03 Å². The van der Waals surface area contributed by atoms with E-state index in [0.29, 0.717) is 23.4 Å². The maximum absolute atomic E-state index is 13.6. The van der Waals surface area contributed by atoms with E-state index in [1.54, 1.807) is 24.3 Å². The summed E-state index contributed by atoms with van der Waals surface area (Å²) in [5, 5.41) is 6.44. The van der Waals surface area contributed by atoms with Crippen LogP contribution in [0.2, 0.25) is 0 Å². The summed E-state index contributed by atoms with van der Waals surface area (Å²) in [4.78, 5) is 31.3. The minimum atomic E-state index is -4.08. The average molecular weight is 636 g/mol. The first-order valence-corrected chi connectivity index (χ1v) is 17.6. The quantitative estimate of drug-likeness (QED) is 0.340. The zero-order valence-corrected chi connectivity index (χ0v) is 25.3. The Morgan fingerprint density at radius 3 is 2.57 bits per heavy atom. The molecule has 4 heterocycles. The van der Waals surface area contributed by atoms with Gasteiger partial charge in [0.2, 0.25) is 5.91 Å². The lowest BCUT2D eigenvalue weighted by Crippen LogP contribution is -2.52. The molecular weight excluding hydrogens is 603 g/mol. The van der Waals surface area contributed by atoms with Crippen molar-refractivity contribution in [1.82, 2.24) is 24.5 Å². The summed E-state index contributed by atoms with van der Waals surface area (Å²) in [5.74, 6) is -0.901. The fraction of sp³-hybridized carbons (Fsp3) is 0.481. The zero-order chi connectivity index (χ0) is 29.7. The number of Topliss-reactive ketones (excluding diaryl/α,β-unsaturated/α-hetero) is 1. The lowest BCUT2D eigenvalue weighted by Gasteiger charge is -2.27. The fourth-order valence-corrected chi connectivity index (χ4v) is 9.28. The molecule has 0 unspecified atom stereocenters. The van der Waals surface area contributed by atoms with Gasteiger partial charge in [0.25, 0.3) is 20.0 Å². The maximum Gasteiger partial charge on any atom is 0.260 e. The first kappa shape index (κ1) is 30.5. The third-order valence-corrected chi connectivity index (χ3v) is 12.5. The largest absolute Gasteiger partial charge is 0.364 e. The Kier molecular flexibility index (Phi) is 9.52. The van der Waals surface area contributed by atoms with Crippen LogP contribution in [0.15, 0.2) is 62.6 Å². The lowest BCUT2D eigenvalue weighted by atomic mass is 9.85. The topological polar surface area (TPSA) is 169 Å². The molecule has 2 atom stereocenters. The second kappa shape index (κ2) is 13.1. The van der Waals surface area contributed by atoms with E-state index in [9.17, 15) is 26.4 Å². The monoisotopic (exact) mass is 635 g/mol. The number of aromatic nitrogens is 2. The third-order valence-electron chi connectivity index (χ3n) is 7.62. The molecule has 42 heavy (non-hydrogen) atoms. The van der Waals surface area contributed by atoms with Gasteiger partial charge in [0.05, 0.1) is 17.5 Å². The number of carbonyl (C=O) groups excluding carboxylic acids is 2. The smallest absolute Gasteiger partial charge is 0.260 e. The molecule has 1 saturated carbocycles. The summed E-state index contributed by atoms with van der Waals surface area (Å²) in [5.41, 5.74) is 0.504. The van der Waals surface area contributed by atoms with Gasteiger partial charge in [-0.15, -0.1) is 11.3 Å². The highest BCUT2D eigenvalue weighted by Crippen LogP contribution is 2.31. The van der Waals surface area contributed by atoms with Crippen molar-refractivity contribution in [2.24, 2.45) is 5.92 Å². The summed E-state index contributed by atoms with van der Waals surface area (Å²) in [7, 11) is -8.06. The number of rotatable bonds is 10. The molecule has 2 fully saturated rings. The van der Waals surface area contributed by atoms with E-state index in [-0.39, 0.29) is 28.1 Å². The number of pyridine rings is 1. The third kappa shape index (κ3) is 7.14. The number of hydrogen-bond donors (Lipinski definition) is 2. The molecule has 3 aromatic rings. The van der Waals surface area contributed by atoms with E-state index in [1.807, 2.05) is 0 Å². The molecule has 3 aromatic heterocycles. The van der Waals surface area contributed by atoms with Gasteiger partial charge in [0.1, 0.15) is 22.2 Å². The molecule has 12 nitrogen and oxygen atoms in total. The number of thiophene rings is 1. The van der Waals surface area contributed by atoms with Crippen LogP contribution in [-0.4, -0.2) is 68.1 Å². The minimum Gasteiger partial charge on any atom is -0.364 e. The van der Waals surface area contributed by atoms with Crippen molar-refractivity contribution in [3.63, 3.8) is 0 Å². The predicted octanol–water partition coefficient (Wildman–Crippen LogP) is 2.95. The highest BCUT2D eigenvalue weighted by molar-refractivity contribution is 7.91. The van der Waals surface area contributed by atoms with Crippen molar-refractivity contribution in [2.45, 2.75) is 72.7 Å². The molecule has 0 spiro atoms. The Labute approximate surface area is 249 Å². The van der Waals surface area contributed by atoms with Crippen LogP contribution < -0.4 is 10.0 Å². The number of sulfonamides is 2. The van der Waals surface area contributed by atoms with Crippen LogP contribution in [-0.2, 0) is 29.6 Å². The van der Waals surface area contributed by atoms with Crippen molar-refractivity contribution in [3.05, 3.63) is 48.9 Å². The van der Waals surface area contributed by atoms with Crippen LogP contribution in [0.4, 0.5) is 0 Å². The van der Waals surface area contributed by atoms with Gasteiger partial charge in [-0.05, 0) is 49.4 Å². The van der Waals surface area contributed by atoms with E-state index in [0.717, 1.165) is 47.7 Å². The van der Waals surface area contributed by atoms with Crippen molar-refractivity contribution < 1.29 is 30.9 Å². The highest BCUT2D eigenvalue weighted by atomic mass is 32.2. The molecule has 1 saturated heterocycles. The standard InChI is InChI=1S/C27H33N5O7S3/c33-23-18-32(42(37,38)25-10-4-5-14-28-25)15-6-9-20(23)29-27(34)22(17-19-7-2-1-3-8-19)31-41(35,36)26-12-11-24(40-26)21-13-16-39-30-21/h4-5,10-14,16,19-20,22,31H,1-3,6-9,15,17-18H2,(H,29,34)/t20-,22-/m0/s1. The predicted molar refractivity (Wildman–Crippen MR) is 154 cm³/mol. The van der Waals surface area contributed by atoms with E-state index in [2.05, 4.69) is 20.2 Å². The number of hydrogen-bond acceptors (Lipinski definition) is 10. The zero-order valence-electron chi connectivity index (χ0n) is 22.8. The van der Waals surface area contributed by atoms with Crippen LogP contribution in [0.5, 0.6) is 0 Å². The number of amides is 1. The van der Waals surface area contributed by atoms with Gasteiger partial charge < -0.3 is 9.84 Å². The Hall–Kier alpha value is -2.98. The number of ketones is 1. The molecule has 2 aliphatic rings. The molecule has 0 aromatic carbocycles.